The maximum atomic E-state index is 3.54. The van der Waals surface area contributed by atoms with Gasteiger partial charge in [0.15, 0.2) is 0 Å². The SMILES string of the molecule is Cn1cc(CNCCc2ccc(Br)s2)c2ccccc21. The number of nitrogens with zero attached hydrogens (tertiary/aromatic N) is 1. The van der Waals surface area contributed by atoms with Crippen LogP contribution in [-0.2, 0) is 20.0 Å². The third-order valence-corrected chi connectivity index (χ3v) is 5.16. The van der Waals surface area contributed by atoms with Crippen molar-refractivity contribution in [1.82, 2.24) is 9.88 Å². The van der Waals surface area contributed by atoms with Gasteiger partial charge >= 0.3 is 0 Å². The lowest BCUT2D eigenvalue weighted by Crippen LogP contribution is -2.16. The van der Waals surface area contributed by atoms with Crippen molar-refractivity contribution in [3.05, 3.63) is 56.8 Å². The minimum absolute atomic E-state index is 0.925. The minimum Gasteiger partial charge on any atom is -0.350 e. The largest absolute Gasteiger partial charge is 0.350 e. The fourth-order valence-electron chi connectivity index (χ4n) is 2.49. The van der Waals surface area contributed by atoms with Crippen LogP contribution in [0.5, 0.6) is 0 Å². The van der Waals surface area contributed by atoms with Crippen LogP contribution in [0.3, 0.4) is 0 Å². The third-order valence-electron chi connectivity index (χ3n) is 3.47. The second kappa shape index (κ2) is 6.12. The smallest absolute Gasteiger partial charge is 0.0701 e. The summed E-state index contributed by atoms with van der Waals surface area (Å²) in [6, 6.07) is 12.9. The van der Waals surface area contributed by atoms with Crippen molar-refractivity contribution in [2.24, 2.45) is 7.05 Å². The number of para-hydroxylation sites is 1. The Kier molecular flexibility index (Phi) is 4.24. The molecule has 2 heterocycles. The van der Waals surface area contributed by atoms with Gasteiger partial charge in [-0.05, 0) is 46.1 Å². The van der Waals surface area contributed by atoms with E-state index in [0.29, 0.717) is 0 Å². The second-order valence-corrected chi connectivity index (χ2v) is 7.46. The maximum Gasteiger partial charge on any atom is 0.0701 e. The summed E-state index contributed by atoms with van der Waals surface area (Å²) in [6.45, 7) is 1.93. The number of hydrogen-bond acceptors (Lipinski definition) is 2. The Morgan fingerprint density at radius 2 is 2.05 bits per heavy atom. The van der Waals surface area contributed by atoms with Crippen LogP contribution in [0.15, 0.2) is 46.4 Å². The fraction of sp³-hybridized carbons (Fsp3) is 0.250. The quantitative estimate of drug-likeness (QED) is 0.679. The van der Waals surface area contributed by atoms with E-state index in [2.05, 4.69) is 75.5 Å². The first-order chi connectivity index (χ1) is 9.74. The van der Waals surface area contributed by atoms with Crippen molar-refractivity contribution < 1.29 is 0 Å². The van der Waals surface area contributed by atoms with Gasteiger partial charge in [-0.2, -0.15) is 0 Å². The van der Waals surface area contributed by atoms with Crippen molar-refractivity contribution in [3.63, 3.8) is 0 Å². The van der Waals surface area contributed by atoms with Gasteiger partial charge in [0, 0.05) is 42.1 Å². The van der Waals surface area contributed by atoms with Gasteiger partial charge < -0.3 is 9.88 Å². The Bertz CT molecular complexity index is 714. The van der Waals surface area contributed by atoms with Crippen LogP contribution in [0.4, 0.5) is 0 Å². The highest BCUT2D eigenvalue weighted by atomic mass is 79.9. The molecular formula is C16H17BrN2S. The number of rotatable bonds is 5. The predicted octanol–water partition coefficient (Wildman–Crippen LogP) is 4.33. The molecule has 4 heteroatoms. The molecule has 3 aromatic rings. The molecule has 0 aliphatic heterocycles. The lowest BCUT2D eigenvalue weighted by molar-refractivity contribution is 0.691. The minimum atomic E-state index is 0.925. The number of thiophene rings is 1. The molecule has 104 valence electrons. The van der Waals surface area contributed by atoms with Crippen LogP contribution in [0.25, 0.3) is 10.9 Å². The highest BCUT2D eigenvalue weighted by Crippen LogP contribution is 2.22. The maximum absolute atomic E-state index is 3.54. The first-order valence-corrected chi connectivity index (χ1v) is 8.33. The Morgan fingerprint density at radius 3 is 2.85 bits per heavy atom. The molecule has 0 bridgehead atoms. The van der Waals surface area contributed by atoms with Crippen LogP contribution in [0.1, 0.15) is 10.4 Å². The first-order valence-electron chi connectivity index (χ1n) is 6.72. The van der Waals surface area contributed by atoms with E-state index in [-0.39, 0.29) is 0 Å². The van der Waals surface area contributed by atoms with Gasteiger partial charge in [-0.25, -0.2) is 0 Å². The molecule has 1 aromatic carbocycles. The molecule has 0 saturated carbocycles. The molecular weight excluding hydrogens is 332 g/mol. The molecule has 0 spiro atoms. The third kappa shape index (κ3) is 2.97. The average molecular weight is 349 g/mol. The van der Waals surface area contributed by atoms with Gasteiger partial charge in [0.05, 0.1) is 3.79 Å². The zero-order valence-electron chi connectivity index (χ0n) is 11.4. The van der Waals surface area contributed by atoms with Crippen molar-refractivity contribution >= 4 is 38.2 Å². The molecule has 0 unspecified atom stereocenters. The Morgan fingerprint density at radius 1 is 1.20 bits per heavy atom. The lowest BCUT2D eigenvalue weighted by Gasteiger charge is -2.02. The van der Waals surface area contributed by atoms with Crippen molar-refractivity contribution in [2.45, 2.75) is 13.0 Å². The fourth-order valence-corrected chi connectivity index (χ4v) is 3.97. The summed E-state index contributed by atoms with van der Waals surface area (Å²) < 4.78 is 3.41. The molecule has 0 amide bonds. The van der Waals surface area contributed by atoms with Crippen molar-refractivity contribution in [2.75, 3.05) is 6.54 Å². The summed E-state index contributed by atoms with van der Waals surface area (Å²) in [7, 11) is 2.11. The summed E-state index contributed by atoms with van der Waals surface area (Å²) in [5, 5.41) is 4.89. The number of halogens is 1. The number of fused-ring (bicyclic) bond motifs is 1. The topological polar surface area (TPSA) is 17.0 Å². The molecule has 0 radical (unpaired) electrons. The Balaban J connectivity index is 1.60. The number of aryl methyl sites for hydroxylation is 1. The Labute approximate surface area is 131 Å². The average Bonchev–Trinajstić information content (AvgIpc) is 3.00. The summed E-state index contributed by atoms with van der Waals surface area (Å²) in [5.74, 6) is 0. The zero-order valence-corrected chi connectivity index (χ0v) is 13.8. The van der Waals surface area contributed by atoms with E-state index in [1.54, 1.807) is 0 Å². The van der Waals surface area contributed by atoms with Crippen LogP contribution < -0.4 is 5.32 Å². The number of hydrogen-bond donors (Lipinski definition) is 1. The van der Waals surface area contributed by atoms with E-state index in [1.807, 2.05) is 11.3 Å². The van der Waals surface area contributed by atoms with Crippen molar-refractivity contribution in [1.29, 1.82) is 0 Å². The highest BCUT2D eigenvalue weighted by Gasteiger charge is 2.05. The lowest BCUT2D eigenvalue weighted by atomic mass is 10.2. The molecule has 20 heavy (non-hydrogen) atoms. The van der Waals surface area contributed by atoms with E-state index in [4.69, 9.17) is 0 Å². The number of benzene rings is 1. The summed E-state index contributed by atoms with van der Waals surface area (Å²) >= 11 is 5.32. The summed E-state index contributed by atoms with van der Waals surface area (Å²) in [4.78, 5) is 1.42. The van der Waals surface area contributed by atoms with Crippen LogP contribution in [-0.4, -0.2) is 11.1 Å². The standard InChI is InChI=1S/C16H17BrN2S/c1-19-11-12(14-4-2-3-5-15(14)19)10-18-9-8-13-6-7-16(17)20-13/h2-7,11,18H,8-10H2,1H3. The molecule has 0 saturated heterocycles. The summed E-state index contributed by atoms with van der Waals surface area (Å²) in [5.41, 5.74) is 2.67. The molecule has 2 nitrogen and oxygen atoms in total. The van der Waals surface area contributed by atoms with Gasteiger partial charge in [0.25, 0.3) is 0 Å². The molecule has 0 atom stereocenters. The molecule has 0 aliphatic carbocycles. The predicted molar refractivity (Wildman–Crippen MR) is 90.3 cm³/mol. The van der Waals surface area contributed by atoms with Crippen LogP contribution in [0.2, 0.25) is 0 Å². The van der Waals surface area contributed by atoms with E-state index in [1.165, 1.54) is 25.1 Å². The Hall–Kier alpha value is -1.10. The zero-order chi connectivity index (χ0) is 13.9. The molecule has 3 rings (SSSR count). The highest BCUT2D eigenvalue weighted by molar-refractivity contribution is 9.11. The van der Waals surface area contributed by atoms with E-state index in [0.717, 1.165) is 19.5 Å². The van der Waals surface area contributed by atoms with Crippen LogP contribution in [0, 0.1) is 0 Å². The van der Waals surface area contributed by atoms with E-state index < -0.39 is 0 Å². The normalized spacial score (nSPS) is 11.3. The summed E-state index contributed by atoms with van der Waals surface area (Å²) in [6.07, 6.45) is 3.31. The van der Waals surface area contributed by atoms with Gasteiger partial charge in [0.2, 0.25) is 0 Å². The van der Waals surface area contributed by atoms with Crippen molar-refractivity contribution in [3.8, 4) is 0 Å². The molecule has 0 fully saturated rings. The van der Waals surface area contributed by atoms with Gasteiger partial charge in [0.1, 0.15) is 0 Å². The first kappa shape index (κ1) is 13.9. The molecule has 1 N–H and O–H groups in total. The van der Waals surface area contributed by atoms with Gasteiger partial charge in [-0.1, -0.05) is 18.2 Å². The van der Waals surface area contributed by atoms with Gasteiger partial charge in [-0.3, -0.25) is 0 Å². The van der Waals surface area contributed by atoms with E-state index in [9.17, 15) is 0 Å². The number of aromatic nitrogens is 1. The number of nitrogens with one attached hydrogen (secondary N) is 1. The monoisotopic (exact) mass is 348 g/mol. The van der Waals surface area contributed by atoms with Gasteiger partial charge in [-0.15, -0.1) is 11.3 Å². The molecule has 0 aliphatic rings. The molecule has 2 aromatic heterocycles. The van der Waals surface area contributed by atoms with E-state index >= 15 is 0 Å². The second-order valence-electron chi connectivity index (χ2n) is 4.91. The van der Waals surface area contributed by atoms with Crippen LogP contribution >= 0.6 is 27.3 Å².